The molecule has 0 aromatic rings. The van der Waals surface area contributed by atoms with Crippen molar-refractivity contribution in [2.24, 2.45) is 5.92 Å². The molecular weight excluding hydrogens is 172 g/mol. The highest BCUT2D eigenvalue weighted by Crippen LogP contribution is 2.11. The molecule has 0 heterocycles. The maximum atomic E-state index is 5.47. The molecule has 1 unspecified atom stereocenters. The number of allylic oxidation sites excluding steroid dienone is 2. The number of rotatable bonds is 8. The first-order valence-corrected chi connectivity index (χ1v) is 5.88. The molecule has 0 N–H and O–H groups in total. The van der Waals surface area contributed by atoms with Crippen molar-refractivity contribution in [1.82, 2.24) is 0 Å². The third-order valence-corrected chi connectivity index (χ3v) is 2.32. The van der Waals surface area contributed by atoms with Gasteiger partial charge >= 0.3 is 0 Å². The lowest BCUT2D eigenvalue weighted by molar-refractivity contribution is 0.121. The molecule has 0 aromatic heterocycles. The van der Waals surface area contributed by atoms with E-state index in [1.165, 1.54) is 24.8 Å². The maximum absolute atomic E-state index is 5.47. The molecule has 0 radical (unpaired) electrons. The SMILES string of the molecule is CCCOCCC(C)CCC=C(C)C. The first-order valence-electron chi connectivity index (χ1n) is 5.88. The average molecular weight is 198 g/mol. The number of ether oxygens (including phenoxy) is 1. The van der Waals surface area contributed by atoms with Crippen molar-refractivity contribution in [3.8, 4) is 0 Å². The second-order valence-electron chi connectivity index (χ2n) is 4.37. The van der Waals surface area contributed by atoms with E-state index in [9.17, 15) is 0 Å². The Kier molecular flexibility index (Phi) is 9.06. The highest BCUT2D eigenvalue weighted by atomic mass is 16.5. The van der Waals surface area contributed by atoms with Crippen molar-refractivity contribution < 1.29 is 4.74 Å². The van der Waals surface area contributed by atoms with Gasteiger partial charge in [0.25, 0.3) is 0 Å². The van der Waals surface area contributed by atoms with Crippen LogP contribution in [0.2, 0.25) is 0 Å². The van der Waals surface area contributed by atoms with Gasteiger partial charge in [-0.2, -0.15) is 0 Å². The lowest BCUT2D eigenvalue weighted by Gasteiger charge is -2.09. The van der Waals surface area contributed by atoms with Crippen LogP contribution in [0.25, 0.3) is 0 Å². The fourth-order valence-electron chi connectivity index (χ4n) is 1.33. The van der Waals surface area contributed by atoms with Crippen molar-refractivity contribution in [3.63, 3.8) is 0 Å². The van der Waals surface area contributed by atoms with Crippen molar-refractivity contribution in [3.05, 3.63) is 11.6 Å². The molecule has 0 aromatic carbocycles. The molecule has 0 aliphatic carbocycles. The Hall–Kier alpha value is -0.300. The molecule has 0 bridgehead atoms. The van der Waals surface area contributed by atoms with Gasteiger partial charge in [0.05, 0.1) is 0 Å². The Balaban J connectivity index is 3.28. The molecule has 0 amide bonds. The van der Waals surface area contributed by atoms with E-state index in [1.54, 1.807) is 0 Å². The maximum Gasteiger partial charge on any atom is 0.0468 e. The van der Waals surface area contributed by atoms with Crippen LogP contribution in [0.5, 0.6) is 0 Å². The fraction of sp³-hybridized carbons (Fsp3) is 0.846. The molecule has 0 spiro atoms. The third-order valence-electron chi connectivity index (χ3n) is 2.32. The first kappa shape index (κ1) is 13.7. The lowest BCUT2D eigenvalue weighted by Crippen LogP contribution is -2.02. The summed E-state index contributed by atoms with van der Waals surface area (Å²) in [5.41, 5.74) is 1.43. The predicted molar refractivity (Wildman–Crippen MR) is 63.6 cm³/mol. The van der Waals surface area contributed by atoms with Crippen LogP contribution in [0, 0.1) is 5.92 Å². The zero-order valence-corrected chi connectivity index (χ0v) is 10.3. The van der Waals surface area contributed by atoms with Crippen molar-refractivity contribution >= 4 is 0 Å². The van der Waals surface area contributed by atoms with E-state index in [1.807, 2.05) is 0 Å². The summed E-state index contributed by atoms with van der Waals surface area (Å²) in [4.78, 5) is 0. The van der Waals surface area contributed by atoms with E-state index < -0.39 is 0 Å². The molecule has 0 aliphatic rings. The van der Waals surface area contributed by atoms with Crippen LogP contribution in [0.15, 0.2) is 11.6 Å². The van der Waals surface area contributed by atoms with E-state index in [-0.39, 0.29) is 0 Å². The predicted octanol–water partition coefficient (Wildman–Crippen LogP) is 4.19. The van der Waals surface area contributed by atoms with Gasteiger partial charge in [0, 0.05) is 13.2 Å². The average Bonchev–Trinajstić information content (AvgIpc) is 2.12. The highest BCUT2D eigenvalue weighted by molar-refractivity contribution is 4.92. The van der Waals surface area contributed by atoms with Gasteiger partial charge in [0.2, 0.25) is 0 Å². The monoisotopic (exact) mass is 198 g/mol. The van der Waals surface area contributed by atoms with Crippen molar-refractivity contribution in [1.29, 1.82) is 0 Å². The topological polar surface area (TPSA) is 9.23 Å². The highest BCUT2D eigenvalue weighted by Gasteiger charge is 2.00. The minimum absolute atomic E-state index is 0.794. The Morgan fingerprint density at radius 2 is 1.93 bits per heavy atom. The van der Waals surface area contributed by atoms with Crippen LogP contribution < -0.4 is 0 Å². The van der Waals surface area contributed by atoms with Crippen LogP contribution in [-0.4, -0.2) is 13.2 Å². The molecule has 0 fully saturated rings. The molecular formula is C13H26O. The van der Waals surface area contributed by atoms with Crippen LogP contribution >= 0.6 is 0 Å². The quantitative estimate of drug-likeness (QED) is 0.420. The number of hydrogen-bond donors (Lipinski definition) is 0. The second-order valence-corrected chi connectivity index (χ2v) is 4.37. The zero-order chi connectivity index (χ0) is 10.8. The summed E-state index contributed by atoms with van der Waals surface area (Å²) >= 11 is 0. The molecule has 1 nitrogen and oxygen atoms in total. The van der Waals surface area contributed by atoms with Crippen LogP contribution in [0.4, 0.5) is 0 Å². The van der Waals surface area contributed by atoms with E-state index >= 15 is 0 Å². The van der Waals surface area contributed by atoms with Crippen LogP contribution in [0.1, 0.15) is 53.4 Å². The first-order chi connectivity index (χ1) is 6.66. The summed E-state index contributed by atoms with van der Waals surface area (Å²) in [6.07, 6.45) is 7.17. The molecule has 0 aliphatic heterocycles. The zero-order valence-electron chi connectivity index (χ0n) is 10.3. The van der Waals surface area contributed by atoms with Gasteiger partial charge in [0.15, 0.2) is 0 Å². The van der Waals surface area contributed by atoms with Gasteiger partial charge in [-0.3, -0.25) is 0 Å². The Morgan fingerprint density at radius 3 is 2.50 bits per heavy atom. The summed E-state index contributed by atoms with van der Waals surface area (Å²) in [6, 6.07) is 0. The van der Waals surface area contributed by atoms with Gasteiger partial charge in [-0.05, 0) is 45.4 Å². The molecule has 14 heavy (non-hydrogen) atoms. The Morgan fingerprint density at radius 1 is 1.21 bits per heavy atom. The Bertz CT molecular complexity index is 145. The van der Waals surface area contributed by atoms with Gasteiger partial charge in [-0.1, -0.05) is 25.5 Å². The largest absolute Gasteiger partial charge is 0.381 e. The molecule has 0 saturated heterocycles. The summed E-state index contributed by atoms with van der Waals surface area (Å²) < 4.78 is 5.47. The number of hydrogen-bond acceptors (Lipinski definition) is 1. The van der Waals surface area contributed by atoms with E-state index in [0.717, 1.165) is 25.6 Å². The standard InChI is InChI=1S/C13H26O/c1-5-10-14-11-9-13(4)8-6-7-12(2)3/h7,13H,5-6,8-11H2,1-4H3. The van der Waals surface area contributed by atoms with E-state index in [4.69, 9.17) is 4.74 Å². The van der Waals surface area contributed by atoms with E-state index in [2.05, 4.69) is 33.8 Å². The third kappa shape index (κ3) is 9.79. The second kappa shape index (κ2) is 9.26. The van der Waals surface area contributed by atoms with Gasteiger partial charge in [0.1, 0.15) is 0 Å². The van der Waals surface area contributed by atoms with Gasteiger partial charge in [-0.25, -0.2) is 0 Å². The summed E-state index contributed by atoms with van der Waals surface area (Å²) in [5.74, 6) is 0.794. The van der Waals surface area contributed by atoms with Crippen molar-refractivity contribution in [2.45, 2.75) is 53.4 Å². The van der Waals surface area contributed by atoms with Gasteiger partial charge < -0.3 is 4.74 Å². The minimum Gasteiger partial charge on any atom is -0.381 e. The Labute approximate surface area is 89.5 Å². The normalized spacial score (nSPS) is 12.6. The minimum atomic E-state index is 0.794. The van der Waals surface area contributed by atoms with E-state index in [0.29, 0.717) is 0 Å². The molecule has 0 rings (SSSR count). The van der Waals surface area contributed by atoms with Crippen molar-refractivity contribution in [2.75, 3.05) is 13.2 Å². The smallest absolute Gasteiger partial charge is 0.0468 e. The van der Waals surface area contributed by atoms with Crippen LogP contribution in [-0.2, 0) is 4.74 Å². The summed E-state index contributed by atoms with van der Waals surface area (Å²) in [6.45, 7) is 10.6. The lowest BCUT2D eigenvalue weighted by atomic mass is 10.0. The summed E-state index contributed by atoms with van der Waals surface area (Å²) in [7, 11) is 0. The summed E-state index contributed by atoms with van der Waals surface area (Å²) in [5, 5.41) is 0. The van der Waals surface area contributed by atoms with Crippen LogP contribution in [0.3, 0.4) is 0 Å². The molecule has 84 valence electrons. The molecule has 1 heteroatoms. The molecule has 1 atom stereocenters. The fourth-order valence-corrected chi connectivity index (χ4v) is 1.33. The van der Waals surface area contributed by atoms with Gasteiger partial charge in [-0.15, -0.1) is 0 Å². The molecule has 0 saturated carbocycles.